The van der Waals surface area contributed by atoms with Crippen molar-refractivity contribution in [3.63, 3.8) is 0 Å². The Balaban J connectivity index is 2.32. The van der Waals surface area contributed by atoms with Crippen LogP contribution in [-0.2, 0) is 4.79 Å². The van der Waals surface area contributed by atoms with Crippen LogP contribution in [0.3, 0.4) is 0 Å². The Bertz CT molecular complexity index is 503. The Morgan fingerprint density at radius 2 is 2.06 bits per heavy atom. The van der Waals surface area contributed by atoms with Gasteiger partial charge in [-0.3, -0.25) is 4.79 Å². The molecule has 1 heterocycles. The van der Waals surface area contributed by atoms with Crippen molar-refractivity contribution in [1.82, 2.24) is 9.78 Å². The molecular weight excluding hydrogens is 214 g/mol. The third-order valence-electron chi connectivity index (χ3n) is 2.44. The van der Waals surface area contributed by atoms with Crippen LogP contribution >= 0.6 is 0 Å². The van der Waals surface area contributed by atoms with Gasteiger partial charge in [-0.1, -0.05) is 26.0 Å². The van der Waals surface area contributed by atoms with E-state index in [-0.39, 0.29) is 11.8 Å². The highest BCUT2D eigenvalue weighted by molar-refractivity contribution is 5.93. The van der Waals surface area contributed by atoms with Crippen molar-refractivity contribution in [2.45, 2.75) is 13.8 Å². The monoisotopic (exact) mass is 229 g/mol. The van der Waals surface area contributed by atoms with Gasteiger partial charge >= 0.3 is 0 Å². The van der Waals surface area contributed by atoms with Gasteiger partial charge in [0.1, 0.15) is 0 Å². The smallest absolute Gasteiger partial charge is 0.226 e. The number of hydrogen-bond donors (Lipinski definition) is 1. The minimum atomic E-state index is -0.0410. The van der Waals surface area contributed by atoms with Crippen molar-refractivity contribution < 1.29 is 4.79 Å². The first-order chi connectivity index (χ1) is 8.18. The quantitative estimate of drug-likeness (QED) is 0.878. The number of carbonyl (C=O) groups is 1. The van der Waals surface area contributed by atoms with Crippen molar-refractivity contribution in [3.05, 3.63) is 42.7 Å². The molecule has 0 aliphatic rings. The number of rotatable bonds is 3. The van der Waals surface area contributed by atoms with Gasteiger partial charge in [0.2, 0.25) is 5.91 Å². The molecular formula is C13H15N3O. The van der Waals surface area contributed by atoms with Gasteiger partial charge in [-0.15, -0.1) is 0 Å². The molecule has 1 N–H and O–H groups in total. The molecule has 17 heavy (non-hydrogen) atoms. The second-order valence-electron chi connectivity index (χ2n) is 4.11. The lowest BCUT2D eigenvalue weighted by molar-refractivity contribution is -0.118. The molecule has 0 unspecified atom stereocenters. The molecule has 2 aromatic rings. The maximum Gasteiger partial charge on any atom is 0.226 e. The zero-order valence-corrected chi connectivity index (χ0v) is 9.92. The summed E-state index contributed by atoms with van der Waals surface area (Å²) < 4.78 is 1.73. The standard InChI is InChI=1S/C13H15N3O/c1-10(2)13(17)15-11-6-3-4-7-12(11)16-9-5-8-14-16/h3-10H,1-2H3,(H,15,17). The number of para-hydroxylation sites is 2. The molecule has 1 aromatic carbocycles. The van der Waals surface area contributed by atoms with Crippen molar-refractivity contribution in [3.8, 4) is 5.69 Å². The summed E-state index contributed by atoms with van der Waals surface area (Å²) in [6.45, 7) is 3.73. The van der Waals surface area contributed by atoms with E-state index < -0.39 is 0 Å². The van der Waals surface area contributed by atoms with E-state index in [0.29, 0.717) is 0 Å². The van der Waals surface area contributed by atoms with Crippen LogP contribution in [0, 0.1) is 5.92 Å². The fourth-order valence-electron chi connectivity index (χ4n) is 1.47. The maximum atomic E-state index is 11.7. The Kier molecular flexibility index (Phi) is 3.23. The number of aromatic nitrogens is 2. The molecule has 0 aliphatic carbocycles. The van der Waals surface area contributed by atoms with Crippen LogP contribution in [0.2, 0.25) is 0 Å². The lowest BCUT2D eigenvalue weighted by atomic mass is 10.2. The van der Waals surface area contributed by atoms with E-state index >= 15 is 0 Å². The molecule has 88 valence electrons. The van der Waals surface area contributed by atoms with E-state index in [1.54, 1.807) is 10.9 Å². The van der Waals surface area contributed by atoms with Crippen LogP contribution in [0.25, 0.3) is 5.69 Å². The zero-order valence-electron chi connectivity index (χ0n) is 9.92. The lowest BCUT2D eigenvalue weighted by Crippen LogP contribution is -2.19. The lowest BCUT2D eigenvalue weighted by Gasteiger charge is -2.12. The number of anilines is 1. The van der Waals surface area contributed by atoms with Gasteiger partial charge in [-0.2, -0.15) is 5.10 Å². The third-order valence-corrected chi connectivity index (χ3v) is 2.44. The highest BCUT2D eigenvalue weighted by Gasteiger charge is 2.10. The van der Waals surface area contributed by atoms with Crippen molar-refractivity contribution in [2.75, 3.05) is 5.32 Å². The van der Waals surface area contributed by atoms with Crippen LogP contribution in [-0.4, -0.2) is 15.7 Å². The molecule has 0 bridgehead atoms. The van der Waals surface area contributed by atoms with Crippen molar-refractivity contribution in [1.29, 1.82) is 0 Å². The van der Waals surface area contributed by atoms with Gasteiger partial charge in [0, 0.05) is 18.3 Å². The van der Waals surface area contributed by atoms with Crippen LogP contribution in [0.5, 0.6) is 0 Å². The molecule has 1 amide bonds. The number of benzene rings is 1. The van der Waals surface area contributed by atoms with Crippen molar-refractivity contribution in [2.24, 2.45) is 5.92 Å². The second kappa shape index (κ2) is 4.82. The molecule has 2 rings (SSSR count). The van der Waals surface area contributed by atoms with Gasteiger partial charge in [-0.25, -0.2) is 4.68 Å². The van der Waals surface area contributed by atoms with Gasteiger partial charge in [0.05, 0.1) is 11.4 Å². The predicted octanol–water partition coefficient (Wildman–Crippen LogP) is 2.47. The molecule has 0 fully saturated rings. The van der Waals surface area contributed by atoms with E-state index in [1.165, 1.54) is 0 Å². The normalized spacial score (nSPS) is 10.5. The highest BCUT2D eigenvalue weighted by Crippen LogP contribution is 2.19. The molecule has 1 aromatic heterocycles. The van der Waals surface area contributed by atoms with E-state index in [0.717, 1.165) is 11.4 Å². The molecule has 0 aliphatic heterocycles. The molecule has 0 radical (unpaired) electrons. The number of amides is 1. The largest absolute Gasteiger partial charge is 0.324 e. The molecule has 0 saturated heterocycles. The number of hydrogen-bond acceptors (Lipinski definition) is 2. The fourth-order valence-corrected chi connectivity index (χ4v) is 1.47. The summed E-state index contributed by atoms with van der Waals surface area (Å²) in [4.78, 5) is 11.7. The first-order valence-electron chi connectivity index (χ1n) is 5.58. The fraction of sp³-hybridized carbons (Fsp3) is 0.231. The number of nitrogens with one attached hydrogen (secondary N) is 1. The SMILES string of the molecule is CC(C)C(=O)Nc1ccccc1-n1cccn1. The van der Waals surface area contributed by atoms with E-state index in [4.69, 9.17) is 0 Å². The Labute approximate surface area is 100 Å². The summed E-state index contributed by atoms with van der Waals surface area (Å²) in [5, 5.41) is 7.06. The number of nitrogens with zero attached hydrogens (tertiary/aromatic N) is 2. The summed E-state index contributed by atoms with van der Waals surface area (Å²) in [5.41, 5.74) is 1.64. The van der Waals surface area contributed by atoms with E-state index in [1.807, 2.05) is 50.4 Å². The Hall–Kier alpha value is -2.10. The Morgan fingerprint density at radius 3 is 2.71 bits per heavy atom. The molecule has 0 atom stereocenters. The van der Waals surface area contributed by atoms with E-state index in [2.05, 4.69) is 10.4 Å². The van der Waals surface area contributed by atoms with Crippen LogP contribution < -0.4 is 5.32 Å². The number of carbonyl (C=O) groups excluding carboxylic acids is 1. The van der Waals surface area contributed by atoms with Crippen LogP contribution in [0.4, 0.5) is 5.69 Å². The van der Waals surface area contributed by atoms with Gasteiger partial charge in [-0.05, 0) is 18.2 Å². The summed E-state index contributed by atoms with van der Waals surface area (Å²) in [6, 6.07) is 9.45. The van der Waals surface area contributed by atoms with Gasteiger partial charge in [0.25, 0.3) is 0 Å². The summed E-state index contributed by atoms with van der Waals surface area (Å²) in [5.74, 6) is -0.0368. The first-order valence-corrected chi connectivity index (χ1v) is 5.58. The third kappa shape index (κ3) is 2.53. The van der Waals surface area contributed by atoms with Crippen LogP contribution in [0.1, 0.15) is 13.8 Å². The average molecular weight is 229 g/mol. The molecule has 4 heteroatoms. The summed E-state index contributed by atoms with van der Waals surface area (Å²) in [6.07, 6.45) is 3.56. The minimum Gasteiger partial charge on any atom is -0.324 e. The summed E-state index contributed by atoms with van der Waals surface area (Å²) >= 11 is 0. The topological polar surface area (TPSA) is 46.9 Å². The minimum absolute atomic E-state index is 0.00426. The average Bonchev–Trinajstić information content (AvgIpc) is 2.83. The molecule has 4 nitrogen and oxygen atoms in total. The molecule has 0 saturated carbocycles. The van der Waals surface area contributed by atoms with E-state index in [9.17, 15) is 4.79 Å². The zero-order chi connectivity index (χ0) is 12.3. The Morgan fingerprint density at radius 1 is 1.29 bits per heavy atom. The first kappa shape index (κ1) is 11.4. The maximum absolute atomic E-state index is 11.7. The van der Waals surface area contributed by atoms with Crippen molar-refractivity contribution >= 4 is 11.6 Å². The van der Waals surface area contributed by atoms with Gasteiger partial charge in [0.15, 0.2) is 0 Å². The second-order valence-corrected chi connectivity index (χ2v) is 4.11. The highest BCUT2D eigenvalue weighted by atomic mass is 16.1. The summed E-state index contributed by atoms with van der Waals surface area (Å²) in [7, 11) is 0. The molecule has 0 spiro atoms. The predicted molar refractivity (Wildman–Crippen MR) is 67.0 cm³/mol. The van der Waals surface area contributed by atoms with Crippen LogP contribution in [0.15, 0.2) is 42.7 Å². The van der Waals surface area contributed by atoms with Gasteiger partial charge < -0.3 is 5.32 Å².